The number of nitrogens with one attached hydrogen (secondary N) is 2. The van der Waals surface area contributed by atoms with Gasteiger partial charge in [0.05, 0.1) is 13.1 Å². The monoisotopic (exact) mass is 238 g/mol. The first kappa shape index (κ1) is 12.6. The van der Waals surface area contributed by atoms with Gasteiger partial charge in [0, 0.05) is 0 Å². The van der Waals surface area contributed by atoms with Gasteiger partial charge < -0.3 is 15.7 Å². The molecular weight excluding hydrogens is 224 g/mol. The van der Waals surface area contributed by atoms with E-state index in [4.69, 9.17) is 6.42 Å². The Labute approximate surface area is 98.7 Å². The lowest BCUT2D eigenvalue weighted by Crippen LogP contribution is -2.43. The van der Waals surface area contributed by atoms with Gasteiger partial charge in [0.25, 0.3) is 0 Å². The number of carbonyl (C=O) groups excluding carboxylic acids is 1. The van der Waals surface area contributed by atoms with Crippen LogP contribution in [0.1, 0.15) is 12.5 Å². The average Bonchev–Trinajstić information content (AvgIpc) is 2.77. The molecule has 0 bridgehead atoms. The van der Waals surface area contributed by atoms with Crippen molar-refractivity contribution in [2.45, 2.75) is 12.5 Å². The Balaban J connectivity index is 2.43. The number of hydrogen-bond acceptors (Lipinski definition) is 3. The van der Waals surface area contributed by atoms with E-state index in [1.54, 1.807) is 6.92 Å². The highest BCUT2D eigenvalue weighted by Gasteiger charge is 2.23. The third-order valence-corrected chi connectivity index (χ3v) is 2.77. The van der Waals surface area contributed by atoms with E-state index in [0.29, 0.717) is 0 Å². The third kappa shape index (κ3) is 3.57. The van der Waals surface area contributed by atoms with E-state index in [-0.39, 0.29) is 19.1 Å². The van der Waals surface area contributed by atoms with Crippen LogP contribution in [0.4, 0.5) is 4.79 Å². The number of rotatable bonds is 4. The van der Waals surface area contributed by atoms with Crippen LogP contribution in [0.5, 0.6) is 0 Å². The Morgan fingerprint density at radius 1 is 1.69 bits per heavy atom. The van der Waals surface area contributed by atoms with Gasteiger partial charge in [-0.3, -0.25) is 0 Å². The summed E-state index contributed by atoms with van der Waals surface area (Å²) in [6.45, 7) is 1.96. The number of urea groups is 1. The molecule has 0 aliphatic rings. The summed E-state index contributed by atoms with van der Waals surface area (Å²) in [6, 6.07) is 1.44. The number of aliphatic hydroxyl groups is 1. The predicted molar refractivity (Wildman–Crippen MR) is 64.1 cm³/mol. The topological polar surface area (TPSA) is 61.4 Å². The van der Waals surface area contributed by atoms with Crippen LogP contribution in [0, 0.1) is 12.3 Å². The van der Waals surface area contributed by atoms with Crippen LogP contribution in [0.25, 0.3) is 0 Å². The highest BCUT2D eigenvalue weighted by molar-refractivity contribution is 7.08. The summed E-state index contributed by atoms with van der Waals surface area (Å²) >= 11 is 1.50. The first-order valence-corrected chi connectivity index (χ1v) is 5.71. The van der Waals surface area contributed by atoms with Crippen LogP contribution in [-0.2, 0) is 5.60 Å². The van der Waals surface area contributed by atoms with Gasteiger partial charge in [0.2, 0.25) is 0 Å². The SMILES string of the molecule is C#CCNC(=O)NCC(C)(O)c1ccsc1. The minimum atomic E-state index is -1.06. The molecule has 0 spiro atoms. The molecule has 1 aromatic heterocycles. The average molecular weight is 238 g/mol. The van der Waals surface area contributed by atoms with Gasteiger partial charge in [-0.05, 0) is 29.3 Å². The molecule has 0 aliphatic carbocycles. The van der Waals surface area contributed by atoms with Gasteiger partial charge in [-0.2, -0.15) is 11.3 Å². The van der Waals surface area contributed by atoms with Crippen molar-refractivity contribution in [2.75, 3.05) is 13.1 Å². The number of terminal acetylenes is 1. The fourth-order valence-corrected chi connectivity index (χ4v) is 1.90. The second-order valence-corrected chi connectivity index (χ2v) is 4.31. The lowest BCUT2D eigenvalue weighted by atomic mass is 9.99. The van der Waals surface area contributed by atoms with Crippen LogP contribution in [0.3, 0.4) is 0 Å². The maximum absolute atomic E-state index is 11.2. The van der Waals surface area contributed by atoms with Crippen molar-refractivity contribution < 1.29 is 9.90 Å². The van der Waals surface area contributed by atoms with Gasteiger partial charge in [0.1, 0.15) is 5.60 Å². The van der Waals surface area contributed by atoms with Gasteiger partial charge in [-0.1, -0.05) is 5.92 Å². The molecule has 0 fully saturated rings. The van der Waals surface area contributed by atoms with E-state index < -0.39 is 5.60 Å². The Kier molecular flexibility index (Phi) is 4.35. The maximum Gasteiger partial charge on any atom is 0.315 e. The molecule has 16 heavy (non-hydrogen) atoms. The zero-order valence-electron chi connectivity index (χ0n) is 8.99. The van der Waals surface area contributed by atoms with Gasteiger partial charge in [0.15, 0.2) is 0 Å². The molecule has 86 valence electrons. The number of thiophene rings is 1. The Hall–Kier alpha value is -1.51. The Morgan fingerprint density at radius 3 is 3.00 bits per heavy atom. The first-order valence-electron chi connectivity index (χ1n) is 4.76. The summed E-state index contributed by atoms with van der Waals surface area (Å²) in [4.78, 5) is 11.2. The predicted octanol–water partition coefficient (Wildman–Crippen LogP) is 0.888. The van der Waals surface area contributed by atoms with E-state index in [1.165, 1.54) is 11.3 Å². The number of hydrogen-bond donors (Lipinski definition) is 3. The molecule has 0 radical (unpaired) electrons. The Bertz CT molecular complexity index is 379. The summed E-state index contributed by atoms with van der Waals surface area (Å²) in [5, 5.41) is 18.8. The summed E-state index contributed by atoms with van der Waals surface area (Å²) in [5.41, 5.74) is -0.275. The quantitative estimate of drug-likeness (QED) is 0.682. The van der Waals surface area contributed by atoms with E-state index in [2.05, 4.69) is 16.6 Å². The van der Waals surface area contributed by atoms with Crippen molar-refractivity contribution in [3.8, 4) is 12.3 Å². The molecule has 4 nitrogen and oxygen atoms in total. The zero-order chi connectivity index (χ0) is 12.0. The van der Waals surface area contributed by atoms with Crippen molar-refractivity contribution in [1.29, 1.82) is 0 Å². The largest absolute Gasteiger partial charge is 0.384 e. The van der Waals surface area contributed by atoms with Crippen molar-refractivity contribution >= 4 is 17.4 Å². The number of carbonyl (C=O) groups is 1. The highest BCUT2D eigenvalue weighted by atomic mass is 32.1. The number of amides is 2. The summed E-state index contributed by atoms with van der Waals surface area (Å²) in [6.07, 6.45) is 5.00. The second kappa shape index (κ2) is 5.54. The minimum absolute atomic E-state index is 0.139. The first-order chi connectivity index (χ1) is 7.56. The summed E-state index contributed by atoms with van der Waals surface area (Å²) in [7, 11) is 0. The standard InChI is InChI=1S/C11H14N2O2S/c1-3-5-12-10(14)13-8-11(2,15)9-4-6-16-7-9/h1,4,6-7,15H,5,8H2,2H3,(H2,12,13,14). The van der Waals surface area contributed by atoms with Crippen LogP contribution in [-0.4, -0.2) is 24.2 Å². The molecule has 5 heteroatoms. The Morgan fingerprint density at radius 2 is 2.44 bits per heavy atom. The maximum atomic E-state index is 11.2. The van der Waals surface area contributed by atoms with Crippen LogP contribution in [0.15, 0.2) is 16.8 Å². The van der Waals surface area contributed by atoms with E-state index in [9.17, 15) is 9.90 Å². The molecule has 1 heterocycles. The molecule has 1 rings (SSSR count). The van der Waals surface area contributed by atoms with E-state index in [1.807, 2.05) is 16.8 Å². The van der Waals surface area contributed by atoms with Gasteiger partial charge in [-0.15, -0.1) is 6.42 Å². The molecular formula is C11H14N2O2S. The van der Waals surface area contributed by atoms with E-state index >= 15 is 0 Å². The molecule has 0 saturated heterocycles. The normalized spacial score (nSPS) is 13.6. The molecule has 1 unspecified atom stereocenters. The van der Waals surface area contributed by atoms with Crippen molar-refractivity contribution in [3.05, 3.63) is 22.4 Å². The van der Waals surface area contributed by atoms with Crippen molar-refractivity contribution in [1.82, 2.24) is 10.6 Å². The second-order valence-electron chi connectivity index (χ2n) is 3.53. The van der Waals surface area contributed by atoms with Gasteiger partial charge >= 0.3 is 6.03 Å². The lowest BCUT2D eigenvalue weighted by molar-refractivity contribution is 0.0599. The fraction of sp³-hybridized carbons (Fsp3) is 0.364. The molecule has 1 aromatic rings. The zero-order valence-corrected chi connectivity index (χ0v) is 9.80. The molecule has 2 amide bonds. The molecule has 3 N–H and O–H groups in total. The minimum Gasteiger partial charge on any atom is -0.384 e. The van der Waals surface area contributed by atoms with Gasteiger partial charge in [-0.25, -0.2) is 4.79 Å². The van der Waals surface area contributed by atoms with Crippen LogP contribution in [0.2, 0.25) is 0 Å². The molecule has 0 saturated carbocycles. The van der Waals surface area contributed by atoms with Crippen LogP contribution >= 0.6 is 11.3 Å². The van der Waals surface area contributed by atoms with Crippen molar-refractivity contribution in [3.63, 3.8) is 0 Å². The smallest absolute Gasteiger partial charge is 0.315 e. The summed E-state index contributed by atoms with van der Waals surface area (Å²) in [5.74, 6) is 2.29. The van der Waals surface area contributed by atoms with Crippen molar-refractivity contribution in [2.24, 2.45) is 0 Å². The van der Waals surface area contributed by atoms with E-state index in [0.717, 1.165) is 5.56 Å². The fourth-order valence-electron chi connectivity index (χ4n) is 1.12. The van der Waals surface area contributed by atoms with Crippen LogP contribution < -0.4 is 10.6 Å². The molecule has 1 atom stereocenters. The molecule has 0 aromatic carbocycles. The highest BCUT2D eigenvalue weighted by Crippen LogP contribution is 2.21. The lowest BCUT2D eigenvalue weighted by Gasteiger charge is -2.22. The third-order valence-electron chi connectivity index (χ3n) is 2.09. The summed E-state index contributed by atoms with van der Waals surface area (Å²) < 4.78 is 0. The molecule has 0 aliphatic heterocycles.